The third kappa shape index (κ3) is 37.8. The molecule has 0 aliphatic heterocycles. The first-order valence-electron chi connectivity index (χ1n) is 19.7. The third-order valence-corrected chi connectivity index (χ3v) is 9.11. The fourth-order valence-corrected chi connectivity index (χ4v) is 5.78. The van der Waals surface area contributed by atoms with E-state index < -0.39 is 13.9 Å². The van der Waals surface area contributed by atoms with E-state index in [1.807, 2.05) is 21.1 Å². The van der Waals surface area contributed by atoms with Gasteiger partial charge in [-0.1, -0.05) is 121 Å². The number of esters is 1. The fraction of sp³-hybridized carbons (Fsp3) is 0.825. The van der Waals surface area contributed by atoms with Crippen molar-refractivity contribution >= 4 is 13.8 Å². The fourth-order valence-electron chi connectivity index (χ4n) is 5.05. The highest BCUT2D eigenvalue weighted by molar-refractivity contribution is 7.45. The van der Waals surface area contributed by atoms with Gasteiger partial charge < -0.3 is 27.9 Å². The Labute approximate surface area is 302 Å². The largest absolute Gasteiger partial charge is 0.756 e. The highest BCUT2D eigenvalue weighted by Crippen LogP contribution is 2.38. The minimum absolute atomic E-state index is 0.0217. The lowest BCUT2D eigenvalue weighted by Crippen LogP contribution is -2.37. The van der Waals surface area contributed by atoms with Crippen molar-refractivity contribution in [3.63, 3.8) is 0 Å². The van der Waals surface area contributed by atoms with Gasteiger partial charge in [0.15, 0.2) is 0 Å². The summed E-state index contributed by atoms with van der Waals surface area (Å²) in [7, 11) is 1.34. The number of allylic oxidation sites excluding steroid dienone is 6. The Morgan fingerprint density at radius 2 is 1.16 bits per heavy atom. The molecule has 0 aromatic rings. The molecule has 2 unspecified atom stereocenters. The lowest BCUT2D eigenvalue weighted by atomic mass is 10.1. The van der Waals surface area contributed by atoms with Gasteiger partial charge in [0.05, 0.1) is 34.4 Å². The molecule has 0 amide bonds. The van der Waals surface area contributed by atoms with E-state index in [0.717, 1.165) is 70.6 Å². The smallest absolute Gasteiger partial charge is 0.306 e. The van der Waals surface area contributed by atoms with Gasteiger partial charge in [0.2, 0.25) is 0 Å². The summed E-state index contributed by atoms with van der Waals surface area (Å²) in [5.41, 5.74) is 0. The van der Waals surface area contributed by atoms with Crippen LogP contribution in [0.15, 0.2) is 36.5 Å². The predicted molar refractivity (Wildman–Crippen MR) is 203 cm³/mol. The molecule has 0 radical (unpaired) electrons. The second kappa shape index (κ2) is 33.8. The number of phosphoric acid groups is 1. The molecule has 0 aliphatic rings. The summed E-state index contributed by atoms with van der Waals surface area (Å²) >= 11 is 0. The number of likely N-dealkylation sites (N-methyl/N-ethyl adjacent to an activating group) is 1. The number of hydrogen-bond acceptors (Lipinski definition) is 7. The van der Waals surface area contributed by atoms with E-state index in [1.54, 1.807) is 0 Å². The number of nitrogens with zero attached hydrogens (tertiary/aromatic N) is 1. The highest BCUT2D eigenvalue weighted by atomic mass is 31.2. The maximum atomic E-state index is 12.6. The molecule has 0 aromatic carbocycles. The maximum absolute atomic E-state index is 12.6. The quantitative estimate of drug-likeness (QED) is 0.0210. The van der Waals surface area contributed by atoms with Gasteiger partial charge in [0, 0.05) is 13.0 Å². The van der Waals surface area contributed by atoms with Crippen molar-refractivity contribution in [1.29, 1.82) is 0 Å². The number of quaternary nitrogens is 1. The molecular formula is C40H76NO7P. The van der Waals surface area contributed by atoms with Crippen LogP contribution in [0.2, 0.25) is 0 Å². The lowest BCUT2D eigenvalue weighted by molar-refractivity contribution is -0.870. The predicted octanol–water partition coefficient (Wildman–Crippen LogP) is 10.4. The molecule has 0 aliphatic carbocycles. The van der Waals surface area contributed by atoms with Crippen LogP contribution in [0.25, 0.3) is 0 Å². The number of carbonyl (C=O) groups is 1. The highest BCUT2D eigenvalue weighted by Gasteiger charge is 2.20. The molecule has 0 rings (SSSR count). The Kier molecular flexibility index (Phi) is 33.0. The Balaban J connectivity index is 4.27. The van der Waals surface area contributed by atoms with E-state index >= 15 is 0 Å². The van der Waals surface area contributed by atoms with Crippen molar-refractivity contribution in [3.05, 3.63) is 36.5 Å². The van der Waals surface area contributed by atoms with Crippen LogP contribution >= 0.6 is 7.82 Å². The molecule has 288 valence electrons. The molecule has 0 bridgehead atoms. The number of unbranched alkanes of at least 4 members (excludes halogenated alkanes) is 16. The molecule has 0 aromatic heterocycles. The molecule has 0 heterocycles. The van der Waals surface area contributed by atoms with Crippen LogP contribution in [-0.4, -0.2) is 70.7 Å². The SMILES string of the molecule is CCC/C=C\CCCCCCCC(=O)OC(COCCCCCCCC/C=C\C/C=C\CCCCCC)COP(=O)([O-])OCC[N+](C)(C)C. The van der Waals surface area contributed by atoms with Crippen molar-refractivity contribution in [3.8, 4) is 0 Å². The number of hydrogen-bond donors (Lipinski definition) is 0. The van der Waals surface area contributed by atoms with Gasteiger partial charge in [-0.15, -0.1) is 0 Å². The molecule has 49 heavy (non-hydrogen) atoms. The van der Waals surface area contributed by atoms with Crippen molar-refractivity contribution < 1.29 is 37.3 Å². The van der Waals surface area contributed by atoms with Gasteiger partial charge in [-0.3, -0.25) is 9.36 Å². The maximum Gasteiger partial charge on any atom is 0.306 e. The minimum Gasteiger partial charge on any atom is -0.756 e. The van der Waals surface area contributed by atoms with E-state index in [1.165, 1.54) is 64.2 Å². The van der Waals surface area contributed by atoms with Crippen molar-refractivity contribution in [2.24, 2.45) is 0 Å². The second-order valence-corrected chi connectivity index (χ2v) is 15.7. The average Bonchev–Trinajstić information content (AvgIpc) is 3.04. The number of carbonyl (C=O) groups excluding carboxylic acids is 1. The molecule has 8 nitrogen and oxygen atoms in total. The van der Waals surface area contributed by atoms with Crippen LogP contribution in [0.5, 0.6) is 0 Å². The number of ether oxygens (including phenoxy) is 2. The molecule has 0 saturated carbocycles. The van der Waals surface area contributed by atoms with Crippen molar-refractivity contribution in [2.45, 2.75) is 161 Å². The summed E-state index contributed by atoms with van der Waals surface area (Å²) in [6, 6.07) is 0. The first-order chi connectivity index (χ1) is 23.6. The molecule has 9 heteroatoms. The van der Waals surface area contributed by atoms with E-state index in [2.05, 4.69) is 50.3 Å². The minimum atomic E-state index is -4.52. The molecule has 0 saturated heterocycles. The molecule has 0 N–H and O–H groups in total. The van der Waals surface area contributed by atoms with E-state index in [0.29, 0.717) is 24.1 Å². The molecule has 2 atom stereocenters. The average molecular weight is 714 g/mol. The first kappa shape index (κ1) is 47.7. The summed E-state index contributed by atoms with van der Waals surface area (Å²) in [4.78, 5) is 24.9. The van der Waals surface area contributed by atoms with Crippen molar-refractivity contribution in [2.75, 3.05) is 54.1 Å². The van der Waals surface area contributed by atoms with E-state index in [9.17, 15) is 14.3 Å². The van der Waals surface area contributed by atoms with Gasteiger partial charge in [0.1, 0.15) is 19.3 Å². The van der Waals surface area contributed by atoms with Crippen molar-refractivity contribution in [1.82, 2.24) is 0 Å². The van der Waals surface area contributed by atoms with Gasteiger partial charge in [-0.25, -0.2) is 0 Å². The first-order valence-corrected chi connectivity index (χ1v) is 21.2. The van der Waals surface area contributed by atoms with Crippen LogP contribution in [0, 0.1) is 0 Å². The van der Waals surface area contributed by atoms with E-state index in [-0.39, 0.29) is 25.8 Å². The number of phosphoric ester groups is 1. The standard InChI is InChI=1S/C40H76NO7P/c1-6-8-10-12-14-16-18-19-20-21-22-23-24-26-28-30-32-35-45-37-39(38-47-49(43,44)46-36-34-41(3,4)5)48-40(42)33-31-29-27-25-17-15-13-11-9-7-2/h11,13,16,18,20-21,39H,6-10,12,14-15,17,19,22-38H2,1-5H3/b13-11-,18-16-,21-20-. The van der Waals surface area contributed by atoms with Crippen LogP contribution in [0.1, 0.15) is 155 Å². The Morgan fingerprint density at radius 1 is 0.633 bits per heavy atom. The van der Waals surface area contributed by atoms with Gasteiger partial charge >= 0.3 is 5.97 Å². The monoisotopic (exact) mass is 714 g/mol. The van der Waals surface area contributed by atoms with Crippen LogP contribution in [0.4, 0.5) is 0 Å². The Morgan fingerprint density at radius 3 is 1.76 bits per heavy atom. The van der Waals surface area contributed by atoms with E-state index in [4.69, 9.17) is 18.5 Å². The zero-order chi connectivity index (χ0) is 36.3. The summed E-state index contributed by atoms with van der Waals surface area (Å²) < 4.78 is 34.4. The van der Waals surface area contributed by atoms with Gasteiger partial charge in [-0.2, -0.15) is 0 Å². The molecule has 0 fully saturated rings. The zero-order valence-corrected chi connectivity index (χ0v) is 33.3. The van der Waals surface area contributed by atoms with Crippen LogP contribution in [0.3, 0.4) is 0 Å². The topological polar surface area (TPSA) is 94.1 Å². The normalized spacial score (nSPS) is 14.3. The van der Waals surface area contributed by atoms with Gasteiger partial charge in [-0.05, 0) is 64.2 Å². The summed E-state index contributed by atoms with van der Waals surface area (Å²) in [5.74, 6) is -0.351. The number of rotatable bonds is 36. The van der Waals surface area contributed by atoms with Crippen LogP contribution < -0.4 is 4.89 Å². The Bertz CT molecular complexity index is 884. The molecule has 0 spiro atoms. The second-order valence-electron chi connectivity index (χ2n) is 14.3. The van der Waals surface area contributed by atoms with Crippen LogP contribution in [-0.2, 0) is 27.9 Å². The third-order valence-electron chi connectivity index (χ3n) is 8.14. The summed E-state index contributed by atoms with van der Waals surface area (Å²) in [6.45, 7) is 5.28. The van der Waals surface area contributed by atoms with Gasteiger partial charge in [0.25, 0.3) is 7.82 Å². The summed E-state index contributed by atoms with van der Waals surface area (Å²) in [5, 5.41) is 0. The lowest BCUT2D eigenvalue weighted by Gasteiger charge is -2.28. The molecular weight excluding hydrogens is 637 g/mol. The summed E-state index contributed by atoms with van der Waals surface area (Å²) in [6.07, 6.45) is 37.3. The Hall–Kier alpha value is -1.28. The zero-order valence-electron chi connectivity index (χ0n) is 32.4.